The van der Waals surface area contributed by atoms with E-state index in [4.69, 9.17) is 10.8 Å². The van der Waals surface area contributed by atoms with Crippen LogP contribution in [0.1, 0.15) is 71.5 Å². The molecule has 0 amide bonds. The van der Waals surface area contributed by atoms with Gasteiger partial charge in [0, 0.05) is 18.2 Å². The Labute approximate surface area is 117 Å². The van der Waals surface area contributed by atoms with E-state index in [0.29, 0.717) is 6.04 Å². The Morgan fingerprint density at radius 3 is 2.53 bits per heavy atom. The fourth-order valence-corrected chi connectivity index (χ4v) is 3.42. The molecule has 1 heterocycles. The van der Waals surface area contributed by atoms with Crippen LogP contribution in [-0.2, 0) is 6.42 Å². The van der Waals surface area contributed by atoms with Crippen LogP contribution in [0, 0.1) is 5.41 Å². The third-order valence-corrected chi connectivity index (χ3v) is 5.25. The lowest BCUT2D eigenvalue weighted by molar-refractivity contribution is 0.205. The summed E-state index contributed by atoms with van der Waals surface area (Å²) in [5, 5.41) is 4.76. The summed E-state index contributed by atoms with van der Waals surface area (Å²) >= 11 is 0. The summed E-state index contributed by atoms with van der Waals surface area (Å²) in [6.45, 7) is 9.05. The van der Waals surface area contributed by atoms with Gasteiger partial charge in [-0.25, -0.2) is 0 Å². The molecule has 0 aromatic carbocycles. The molecule has 2 rings (SSSR count). The zero-order valence-electron chi connectivity index (χ0n) is 12.9. The van der Waals surface area contributed by atoms with E-state index in [1.54, 1.807) is 0 Å². The van der Waals surface area contributed by atoms with Gasteiger partial charge >= 0.3 is 0 Å². The molecule has 0 saturated heterocycles. The molecule has 0 spiro atoms. The summed E-state index contributed by atoms with van der Waals surface area (Å²) in [6.07, 6.45) is 8.91. The van der Waals surface area contributed by atoms with Gasteiger partial charge in [-0.15, -0.1) is 0 Å². The largest absolute Gasteiger partial charge is 0.324 e. The summed E-state index contributed by atoms with van der Waals surface area (Å²) in [5.41, 5.74) is 7.97. The molecule has 1 aromatic heterocycles. The third kappa shape index (κ3) is 2.71. The van der Waals surface area contributed by atoms with Crippen molar-refractivity contribution in [2.45, 2.75) is 77.8 Å². The average Bonchev–Trinajstić information content (AvgIpc) is 2.88. The molecule has 1 aliphatic rings. The summed E-state index contributed by atoms with van der Waals surface area (Å²) in [7, 11) is 0. The predicted molar refractivity (Wildman–Crippen MR) is 80.1 cm³/mol. The summed E-state index contributed by atoms with van der Waals surface area (Å²) in [6, 6.07) is 2.68. The molecule has 3 heteroatoms. The minimum atomic E-state index is -0.0832. The van der Waals surface area contributed by atoms with Crippen LogP contribution < -0.4 is 5.73 Å². The van der Waals surface area contributed by atoms with E-state index in [-0.39, 0.29) is 11.0 Å². The van der Waals surface area contributed by atoms with Crippen LogP contribution in [0.15, 0.2) is 12.3 Å². The van der Waals surface area contributed by atoms with Crippen LogP contribution in [0.3, 0.4) is 0 Å². The van der Waals surface area contributed by atoms with Crippen LogP contribution >= 0.6 is 0 Å². The lowest BCUT2D eigenvalue weighted by Gasteiger charge is -2.37. The maximum absolute atomic E-state index is 6.67. The molecule has 1 fully saturated rings. The number of rotatable bonds is 5. The Balaban J connectivity index is 2.12. The molecule has 0 bridgehead atoms. The first-order valence-electron chi connectivity index (χ1n) is 7.75. The fourth-order valence-electron chi connectivity index (χ4n) is 3.42. The summed E-state index contributed by atoms with van der Waals surface area (Å²) < 4.78 is 2.13. The molecule has 2 N–H and O–H groups in total. The van der Waals surface area contributed by atoms with Crippen molar-refractivity contribution in [3.05, 3.63) is 18.0 Å². The molecule has 1 atom stereocenters. The van der Waals surface area contributed by atoms with Crippen LogP contribution in [0.5, 0.6) is 0 Å². The second-order valence-corrected chi connectivity index (χ2v) is 6.83. The van der Waals surface area contributed by atoms with Crippen molar-refractivity contribution in [3.8, 4) is 0 Å². The highest BCUT2D eigenvalue weighted by Gasteiger charge is 2.45. The first-order chi connectivity index (χ1) is 8.92. The van der Waals surface area contributed by atoms with Crippen LogP contribution in [0.2, 0.25) is 0 Å². The van der Waals surface area contributed by atoms with E-state index in [2.05, 4.69) is 44.6 Å². The van der Waals surface area contributed by atoms with Crippen molar-refractivity contribution >= 4 is 0 Å². The third-order valence-electron chi connectivity index (χ3n) is 5.25. The fraction of sp³-hybridized carbons (Fsp3) is 0.812. The molecule has 1 saturated carbocycles. The van der Waals surface area contributed by atoms with Gasteiger partial charge < -0.3 is 5.73 Å². The van der Waals surface area contributed by atoms with E-state index in [9.17, 15) is 0 Å². The minimum Gasteiger partial charge on any atom is -0.324 e. The standard InChI is InChI=1S/C16H29N3/c1-5-14(6-2)19-11-8-13(18-19)12-16(17)10-7-9-15(16,3)4/h8,11,14H,5-7,9-10,12,17H2,1-4H3. The Hall–Kier alpha value is -0.830. The topological polar surface area (TPSA) is 43.8 Å². The highest BCUT2D eigenvalue weighted by molar-refractivity contribution is 5.12. The molecule has 0 radical (unpaired) electrons. The zero-order chi connectivity index (χ0) is 14.1. The zero-order valence-corrected chi connectivity index (χ0v) is 12.9. The molecule has 1 unspecified atom stereocenters. The first kappa shape index (κ1) is 14.6. The Kier molecular flexibility index (Phi) is 4.05. The van der Waals surface area contributed by atoms with Crippen LogP contribution in [0.25, 0.3) is 0 Å². The second-order valence-electron chi connectivity index (χ2n) is 6.83. The molecule has 0 aliphatic heterocycles. The molecule has 1 aromatic rings. The normalized spacial score (nSPS) is 26.2. The van der Waals surface area contributed by atoms with Gasteiger partial charge in [0.2, 0.25) is 0 Å². The van der Waals surface area contributed by atoms with E-state index in [1.807, 2.05) is 0 Å². The second kappa shape index (κ2) is 5.28. The van der Waals surface area contributed by atoms with Gasteiger partial charge in [-0.2, -0.15) is 5.10 Å². The Morgan fingerprint density at radius 1 is 1.32 bits per heavy atom. The quantitative estimate of drug-likeness (QED) is 0.880. The Bertz CT molecular complexity index is 417. The number of aromatic nitrogens is 2. The van der Waals surface area contributed by atoms with Gasteiger partial charge in [0.25, 0.3) is 0 Å². The SMILES string of the molecule is CCC(CC)n1ccc(CC2(N)CCCC2(C)C)n1. The highest BCUT2D eigenvalue weighted by atomic mass is 15.3. The molecule has 19 heavy (non-hydrogen) atoms. The van der Waals surface area contributed by atoms with Gasteiger partial charge in [-0.05, 0) is 37.2 Å². The van der Waals surface area contributed by atoms with E-state index < -0.39 is 0 Å². The average molecular weight is 263 g/mol. The maximum atomic E-state index is 6.67. The summed E-state index contributed by atoms with van der Waals surface area (Å²) in [5.74, 6) is 0. The van der Waals surface area contributed by atoms with Crippen molar-refractivity contribution in [1.29, 1.82) is 0 Å². The predicted octanol–water partition coefficient (Wildman–Crippen LogP) is 3.69. The van der Waals surface area contributed by atoms with E-state index in [0.717, 1.165) is 31.4 Å². The van der Waals surface area contributed by atoms with Crippen LogP contribution in [0.4, 0.5) is 0 Å². The minimum absolute atomic E-state index is 0.0832. The van der Waals surface area contributed by atoms with Gasteiger partial charge in [0.05, 0.1) is 11.7 Å². The van der Waals surface area contributed by atoms with E-state index >= 15 is 0 Å². The van der Waals surface area contributed by atoms with Crippen molar-refractivity contribution in [3.63, 3.8) is 0 Å². The lowest BCUT2D eigenvalue weighted by Crippen LogP contribution is -2.50. The Morgan fingerprint density at radius 2 is 2.00 bits per heavy atom. The van der Waals surface area contributed by atoms with E-state index in [1.165, 1.54) is 12.8 Å². The smallest absolute Gasteiger partial charge is 0.0643 e. The number of nitrogens with zero attached hydrogens (tertiary/aromatic N) is 2. The van der Waals surface area contributed by atoms with Crippen molar-refractivity contribution in [1.82, 2.24) is 9.78 Å². The van der Waals surface area contributed by atoms with Gasteiger partial charge in [0.1, 0.15) is 0 Å². The van der Waals surface area contributed by atoms with Gasteiger partial charge in [-0.1, -0.05) is 34.1 Å². The van der Waals surface area contributed by atoms with Crippen molar-refractivity contribution in [2.24, 2.45) is 11.1 Å². The van der Waals surface area contributed by atoms with Gasteiger partial charge in [-0.3, -0.25) is 4.68 Å². The highest BCUT2D eigenvalue weighted by Crippen LogP contribution is 2.45. The monoisotopic (exact) mass is 263 g/mol. The first-order valence-corrected chi connectivity index (χ1v) is 7.75. The van der Waals surface area contributed by atoms with Crippen molar-refractivity contribution < 1.29 is 0 Å². The molecule has 3 nitrogen and oxygen atoms in total. The summed E-state index contributed by atoms with van der Waals surface area (Å²) in [4.78, 5) is 0. The van der Waals surface area contributed by atoms with Gasteiger partial charge in [0.15, 0.2) is 0 Å². The van der Waals surface area contributed by atoms with Crippen LogP contribution in [-0.4, -0.2) is 15.3 Å². The molecular formula is C16H29N3. The molecule has 1 aliphatic carbocycles. The molecular weight excluding hydrogens is 234 g/mol. The number of hydrogen-bond acceptors (Lipinski definition) is 2. The lowest BCUT2D eigenvalue weighted by atomic mass is 9.73. The number of nitrogens with two attached hydrogens (primary N) is 1. The van der Waals surface area contributed by atoms with Crippen molar-refractivity contribution in [2.75, 3.05) is 0 Å². The molecule has 108 valence electrons. The number of hydrogen-bond donors (Lipinski definition) is 1. The maximum Gasteiger partial charge on any atom is 0.0643 e.